The molecular formula is C13H15N3O4S. The first-order valence-electron chi connectivity index (χ1n) is 6.07. The average molecular weight is 309 g/mol. The number of hydrogen-bond acceptors (Lipinski definition) is 6. The SMILES string of the molecule is COc1ccc(Cn2cnnc2SCC(=O)O)c(OC)c1. The summed E-state index contributed by atoms with van der Waals surface area (Å²) in [7, 11) is 3.18. The van der Waals surface area contributed by atoms with Crippen LogP contribution in [0.2, 0.25) is 0 Å². The van der Waals surface area contributed by atoms with E-state index < -0.39 is 5.97 Å². The summed E-state index contributed by atoms with van der Waals surface area (Å²) < 4.78 is 12.3. The number of methoxy groups -OCH3 is 2. The maximum Gasteiger partial charge on any atom is 0.313 e. The van der Waals surface area contributed by atoms with Gasteiger partial charge in [-0.2, -0.15) is 0 Å². The molecule has 0 unspecified atom stereocenters. The largest absolute Gasteiger partial charge is 0.497 e. The Morgan fingerprint density at radius 2 is 2.19 bits per heavy atom. The van der Waals surface area contributed by atoms with Crippen LogP contribution in [0, 0.1) is 0 Å². The molecule has 21 heavy (non-hydrogen) atoms. The summed E-state index contributed by atoms with van der Waals surface area (Å²) in [4.78, 5) is 10.6. The summed E-state index contributed by atoms with van der Waals surface area (Å²) in [6.45, 7) is 0.488. The molecule has 0 saturated heterocycles. The second kappa shape index (κ2) is 6.98. The molecule has 7 nitrogen and oxygen atoms in total. The van der Waals surface area contributed by atoms with E-state index in [1.807, 2.05) is 12.1 Å². The van der Waals surface area contributed by atoms with Gasteiger partial charge in [-0.25, -0.2) is 0 Å². The summed E-state index contributed by atoms with van der Waals surface area (Å²) in [6, 6.07) is 5.53. The summed E-state index contributed by atoms with van der Waals surface area (Å²) >= 11 is 1.13. The van der Waals surface area contributed by atoms with Gasteiger partial charge in [0.15, 0.2) is 5.16 Å². The van der Waals surface area contributed by atoms with Crippen LogP contribution < -0.4 is 9.47 Å². The summed E-state index contributed by atoms with van der Waals surface area (Å²) in [5.74, 6) is 0.451. The van der Waals surface area contributed by atoms with Gasteiger partial charge < -0.3 is 19.1 Å². The van der Waals surface area contributed by atoms with Crippen molar-refractivity contribution in [3.63, 3.8) is 0 Å². The fourth-order valence-electron chi connectivity index (χ4n) is 1.76. The zero-order chi connectivity index (χ0) is 15.2. The van der Waals surface area contributed by atoms with Crippen molar-refractivity contribution in [3.05, 3.63) is 30.1 Å². The van der Waals surface area contributed by atoms with E-state index in [0.29, 0.717) is 23.2 Å². The number of rotatable bonds is 7. The van der Waals surface area contributed by atoms with Crippen LogP contribution in [0.1, 0.15) is 5.56 Å². The van der Waals surface area contributed by atoms with Gasteiger partial charge in [0.05, 0.1) is 26.5 Å². The van der Waals surface area contributed by atoms with Crippen LogP contribution in [0.4, 0.5) is 0 Å². The van der Waals surface area contributed by atoms with Crippen molar-refractivity contribution in [3.8, 4) is 11.5 Å². The van der Waals surface area contributed by atoms with Crippen LogP contribution in [0.25, 0.3) is 0 Å². The van der Waals surface area contributed by atoms with E-state index in [-0.39, 0.29) is 5.75 Å². The topological polar surface area (TPSA) is 86.5 Å². The number of ether oxygens (including phenoxy) is 2. The van der Waals surface area contributed by atoms with E-state index >= 15 is 0 Å². The number of carboxylic acid groups (broad SMARTS) is 1. The molecule has 2 rings (SSSR count). The molecule has 0 fully saturated rings. The number of carboxylic acids is 1. The number of hydrogen-bond donors (Lipinski definition) is 1. The Labute approximate surface area is 125 Å². The van der Waals surface area contributed by atoms with E-state index in [1.165, 1.54) is 0 Å². The van der Waals surface area contributed by atoms with Crippen LogP contribution in [-0.4, -0.2) is 45.8 Å². The van der Waals surface area contributed by atoms with Crippen LogP contribution in [0.3, 0.4) is 0 Å². The highest BCUT2D eigenvalue weighted by Crippen LogP contribution is 2.26. The second-order valence-electron chi connectivity index (χ2n) is 4.10. The highest BCUT2D eigenvalue weighted by atomic mass is 32.2. The number of aromatic nitrogens is 3. The molecule has 0 aliphatic rings. The molecule has 0 aliphatic heterocycles. The monoisotopic (exact) mass is 309 g/mol. The molecule has 112 valence electrons. The molecule has 1 aromatic carbocycles. The molecule has 1 aromatic heterocycles. The molecule has 0 saturated carbocycles. The first-order valence-corrected chi connectivity index (χ1v) is 7.06. The van der Waals surface area contributed by atoms with Crippen molar-refractivity contribution in [1.29, 1.82) is 0 Å². The first kappa shape index (κ1) is 15.2. The average Bonchev–Trinajstić information content (AvgIpc) is 2.92. The van der Waals surface area contributed by atoms with E-state index in [9.17, 15) is 4.79 Å². The highest BCUT2D eigenvalue weighted by molar-refractivity contribution is 7.99. The summed E-state index contributed by atoms with van der Waals surface area (Å²) in [5, 5.41) is 17.0. The van der Waals surface area contributed by atoms with Gasteiger partial charge in [-0.3, -0.25) is 4.79 Å². The van der Waals surface area contributed by atoms with Gasteiger partial charge in [-0.1, -0.05) is 11.8 Å². The third-order valence-corrected chi connectivity index (χ3v) is 3.71. The number of carbonyl (C=O) groups is 1. The van der Waals surface area contributed by atoms with Crippen molar-refractivity contribution in [2.45, 2.75) is 11.7 Å². The van der Waals surface area contributed by atoms with Gasteiger partial charge in [0, 0.05) is 11.6 Å². The normalized spacial score (nSPS) is 10.4. The molecule has 1 N–H and O–H groups in total. The van der Waals surface area contributed by atoms with Gasteiger partial charge in [0.25, 0.3) is 0 Å². The molecule has 2 aromatic rings. The Morgan fingerprint density at radius 1 is 1.38 bits per heavy atom. The van der Waals surface area contributed by atoms with E-state index in [1.54, 1.807) is 31.2 Å². The molecule has 0 atom stereocenters. The lowest BCUT2D eigenvalue weighted by Gasteiger charge is -2.11. The lowest BCUT2D eigenvalue weighted by molar-refractivity contribution is -0.133. The van der Waals surface area contributed by atoms with Gasteiger partial charge in [-0.05, 0) is 12.1 Å². The van der Waals surface area contributed by atoms with Gasteiger partial charge >= 0.3 is 5.97 Å². The van der Waals surface area contributed by atoms with Gasteiger partial charge in [-0.15, -0.1) is 10.2 Å². The predicted octanol–water partition coefficient (Wildman–Crippen LogP) is 1.52. The van der Waals surface area contributed by atoms with Crippen molar-refractivity contribution in [2.24, 2.45) is 0 Å². The standard InChI is InChI=1S/C13H15N3O4S/c1-19-10-4-3-9(11(5-10)20-2)6-16-8-14-15-13(16)21-7-12(17)18/h3-5,8H,6-7H2,1-2H3,(H,17,18). The first-order chi connectivity index (χ1) is 10.1. The Hall–Kier alpha value is -2.22. The van der Waals surface area contributed by atoms with Crippen molar-refractivity contribution < 1.29 is 19.4 Å². The molecular weight excluding hydrogens is 294 g/mol. The number of benzene rings is 1. The van der Waals surface area contributed by atoms with Crippen LogP contribution in [0.5, 0.6) is 11.5 Å². The zero-order valence-electron chi connectivity index (χ0n) is 11.6. The molecule has 0 bridgehead atoms. The highest BCUT2D eigenvalue weighted by Gasteiger charge is 2.11. The minimum atomic E-state index is -0.892. The third-order valence-electron chi connectivity index (χ3n) is 2.74. The number of nitrogens with zero attached hydrogens (tertiary/aromatic N) is 3. The molecule has 0 aliphatic carbocycles. The molecule has 0 amide bonds. The summed E-state index contributed by atoms with van der Waals surface area (Å²) in [5.41, 5.74) is 0.926. The fourth-order valence-corrected chi connectivity index (χ4v) is 2.39. The lowest BCUT2D eigenvalue weighted by Crippen LogP contribution is -2.05. The maximum atomic E-state index is 10.6. The zero-order valence-corrected chi connectivity index (χ0v) is 12.5. The number of aliphatic carboxylic acids is 1. The lowest BCUT2D eigenvalue weighted by atomic mass is 10.2. The van der Waals surface area contributed by atoms with Crippen molar-refractivity contribution >= 4 is 17.7 Å². The molecule has 8 heteroatoms. The van der Waals surface area contributed by atoms with E-state index in [4.69, 9.17) is 14.6 Å². The quantitative estimate of drug-likeness (QED) is 0.776. The third kappa shape index (κ3) is 3.88. The molecule has 0 spiro atoms. The second-order valence-corrected chi connectivity index (χ2v) is 5.04. The Kier molecular flexibility index (Phi) is 5.04. The molecule has 1 heterocycles. The Bertz CT molecular complexity index is 630. The number of thioether (sulfide) groups is 1. The van der Waals surface area contributed by atoms with Crippen LogP contribution >= 0.6 is 11.8 Å². The summed E-state index contributed by atoms with van der Waals surface area (Å²) in [6.07, 6.45) is 1.56. The van der Waals surface area contributed by atoms with Gasteiger partial charge in [0.1, 0.15) is 17.8 Å². The van der Waals surface area contributed by atoms with Crippen molar-refractivity contribution in [1.82, 2.24) is 14.8 Å². The minimum Gasteiger partial charge on any atom is -0.497 e. The maximum absolute atomic E-state index is 10.6. The fraction of sp³-hybridized carbons (Fsp3) is 0.308. The van der Waals surface area contributed by atoms with Crippen molar-refractivity contribution in [2.75, 3.05) is 20.0 Å². The Balaban J connectivity index is 2.18. The van der Waals surface area contributed by atoms with E-state index in [2.05, 4.69) is 10.2 Å². The smallest absolute Gasteiger partial charge is 0.313 e. The minimum absolute atomic E-state index is 0.0571. The van der Waals surface area contributed by atoms with Gasteiger partial charge in [0.2, 0.25) is 0 Å². The van der Waals surface area contributed by atoms with Crippen LogP contribution in [-0.2, 0) is 11.3 Å². The predicted molar refractivity (Wildman–Crippen MR) is 77.0 cm³/mol. The Morgan fingerprint density at radius 3 is 2.86 bits per heavy atom. The molecule has 0 radical (unpaired) electrons. The van der Waals surface area contributed by atoms with Crippen LogP contribution in [0.15, 0.2) is 29.7 Å². The van der Waals surface area contributed by atoms with E-state index in [0.717, 1.165) is 17.3 Å².